The van der Waals surface area contributed by atoms with Crippen LogP contribution in [0.1, 0.15) is 0 Å². The van der Waals surface area contributed by atoms with Crippen molar-refractivity contribution in [3.8, 4) is 0 Å². The monoisotopic (exact) mass is 333 g/mol. The number of hydrogen-bond donors (Lipinski definition) is 0. The fourth-order valence-corrected chi connectivity index (χ4v) is 0. The number of hydrogen-bond acceptors (Lipinski definition) is 0. The summed E-state index contributed by atoms with van der Waals surface area (Å²) >= 11 is 0. The Bertz CT molecular complexity index is 8.00. The third-order valence-corrected chi connectivity index (χ3v) is 0. The van der Waals surface area contributed by atoms with Crippen molar-refractivity contribution in [2.75, 3.05) is 0 Å². The van der Waals surface area contributed by atoms with Crippen molar-refractivity contribution in [2.45, 2.75) is 0 Å². The summed E-state index contributed by atoms with van der Waals surface area (Å²) in [6.45, 7) is 0. The largest absolute Gasteiger partial charge is 0 e. The van der Waals surface area contributed by atoms with Gasteiger partial charge in [-0.1, -0.05) is 0 Å². The molecule has 0 aromatic heterocycles. The van der Waals surface area contributed by atoms with Gasteiger partial charge in [0.15, 0.2) is 0 Å². The van der Waals surface area contributed by atoms with Crippen LogP contribution in [0.4, 0.5) is 0 Å². The van der Waals surface area contributed by atoms with Gasteiger partial charge in [0.1, 0.15) is 0 Å². The molecule has 0 unspecified atom stereocenters. The second kappa shape index (κ2) is 18.3. The van der Waals surface area contributed by atoms with E-state index < -0.39 is 0 Å². The fourth-order valence-electron chi connectivity index (χ4n) is 0. The molecule has 0 amide bonds. The molecule has 0 saturated heterocycles. The normalized spacial score (nSPS) is 0. The molecule has 0 aliphatic rings. The third-order valence-electron chi connectivity index (χ3n) is 0. The summed E-state index contributed by atoms with van der Waals surface area (Å²) in [6, 6.07) is 0. The molecule has 0 saturated carbocycles. The first-order chi connectivity index (χ1) is 0. The standard InChI is InChI=1S/Al.Au.Ni.V. The molecule has 0 aromatic rings. The van der Waals surface area contributed by atoms with Gasteiger partial charge < -0.3 is 0 Å². The third kappa shape index (κ3) is 8.84. The minimum absolute atomic E-state index is 0. The average molecular weight is 334 g/mol. The van der Waals surface area contributed by atoms with Crippen molar-refractivity contribution in [3.63, 3.8) is 0 Å². The summed E-state index contributed by atoms with van der Waals surface area (Å²) in [5.41, 5.74) is 0. The minimum atomic E-state index is 0. The van der Waals surface area contributed by atoms with E-state index >= 15 is 0 Å². The molecule has 0 aliphatic carbocycles. The molecule has 5 radical (unpaired) electrons. The van der Waals surface area contributed by atoms with Crippen molar-refractivity contribution in [1.29, 1.82) is 0 Å². The molecule has 0 fully saturated rings. The molecule has 29 valence electrons. The molecule has 0 N–H and O–H groups in total. The van der Waals surface area contributed by atoms with Crippen LogP contribution in [0.25, 0.3) is 0 Å². The summed E-state index contributed by atoms with van der Waals surface area (Å²) in [5.74, 6) is 0. The molecule has 0 atom stereocenters. The van der Waals surface area contributed by atoms with Gasteiger partial charge in [-0.2, -0.15) is 0 Å². The average Bonchev–Trinajstić information content (AvgIpc) is 0. The van der Waals surface area contributed by atoms with Gasteiger partial charge in [0.25, 0.3) is 0 Å². The molecule has 0 nitrogen and oxygen atoms in total. The van der Waals surface area contributed by atoms with Crippen LogP contribution in [0.3, 0.4) is 0 Å². The molecule has 0 heterocycles. The van der Waals surface area contributed by atoms with Crippen molar-refractivity contribution < 1.29 is 57.4 Å². The van der Waals surface area contributed by atoms with Crippen molar-refractivity contribution in [2.24, 2.45) is 0 Å². The Morgan fingerprint density at radius 1 is 1.00 bits per heavy atom. The SMILES string of the molecule is [Al].[Au].[Ni].[V]. The molecule has 4 heavy (non-hydrogen) atoms. The molecular formula is AlAuNiV. The Hall–Kier alpha value is 2.35. The molecule has 0 aliphatic heterocycles. The predicted octanol–water partition coefficient (Wildman–Crippen LogP) is -0.388. The second-order valence-electron chi connectivity index (χ2n) is 0. The molecular weight excluding hydrogens is 334 g/mol. The van der Waals surface area contributed by atoms with E-state index in [1.54, 1.807) is 0 Å². The van der Waals surface area contributed by atoms with Crippen LogP contribution in [0.2, 0.25) is 0 Å². The maximum atomic E-state index is 0. The second-order valence-corrected chi connectivity index (χ2v) is 0. The van der Waals surface area contributed by atoms with Gasteiger partial charge in [-0.05, 0) is 0 Å². The smallest absolute Gasteiger partial charge is 0 e. The fraction of sp³-hybridized carbons (Fsp3) is 0. The molecule has 0 bridgehead atoms. The summed E-state index contributed by atoms with van der Waals surface area (Å²) < 4.78 is 0. The van der Waals surface area contributed by atoms with E-state index in [9.17, 15) is 0 Å². The van der Waals surface area contributed by atoms with Crippen LogP contribution in [0.5, 0.6) is 0 Å². The van der Waals surface area contributed by atoms with E-state index in [2.05, 4.69) is 0 Å². The van der Waals surface area contributed by atoms with Crippen LogP contribution >= 0.6 is 0 Å². The summed E-state index contributed by atoms with van der Waals surface area (Å²) in [7, 11) is 0. The predicted molar refractivity (Wildman–Crippen MR) is 5.75 cm³/mol. The van der Waals surface area contributed by atoms with Crippen LogP contribution in [0.15, 0.2) is 0 Å². The van der Waals surface area contributed by atoms with Gasteiger partial charge in [0.2, 0.25) is 0 Å². The number of rotatable bonds is 0. The first kappa shape index (κ1) is 32.9. The van der Waals surface area contributed by atoms with Crippen LogP contribution < -0.4 is 0 Å². The van der Waals surface area contributed by atoms with E-state index in [4.69, 9.17) is 0 Å². The van der Waals surface area contributed by atoms with Gasteiger partial charge in [-0.3, -0.25) is 0 Å². The first-order valence-electron chi connectivity index (χ1n) is 0. The zero-order valence-corrected chi connectivity index (χ0v) is 7.35. The minimum Gasteiger partial charge on any atom is 0 e. The molecule has 0 rings (SSSR count). The van der Waals surface area contributed by atoms with E-state index in [0.717, 1.165) is 0 Å². The van der Waals surface area contributed by atoms with Crippen LogP contribution in [-0.4, -0.2) is 17.4 Å². The van der Waals surface area contributed by atoms with E-state index in [1.165, 1.54) is 0 Å². The maximum absolute atomic E-state index is 0. The zero-order chi connectivity index (χ0) is 0. The van der Waals surface area contributed by atoms with E-state index in [-0.39, 0.29) is 74.8 Å². The van der Waals surface area contributed by atoms with Gasteiger partial charge in [0.05, 0.1) is 0 Å². The first-order valence-corrected chi connectivity index (χ1v) is 0. The summed E-state index contributed by atoms with van der Waals surface area (Å²) in [5, 5.41) is 0. The Balaban J connectivity index is 0. The Labute approximate surface area is 73.9 Å². The Kier molecular flexibility index (Phi) is 151. The van der Waals surface area contributed by atoms with Gasteiger partial charge in [-0.25, -0.2) is 0 Å². The van der Waals surface area contributed by atoms with Crippen molar-refractivity contribution >= 4 is 17.4 Å². The molecule has 4 heteroatoms. The topological polar surface area (TPSA) is 0 Å². The quantitative estimate of drug-likeness (QED) is 0.530. The van der Waals surface area contributed by atoms with E-state index in [0.29, 0.717) is 0 Å². The Morgan fingerprint density at radius 3 is 1.00 bits per heavy atom. The van der Waals surface area contributed by atoms with Crippen LogP contribution in [0, 0.1) is 0 Å². The van der Waals surface area contributed by atoms with Crippen LogP contribution in [-0.2, 0) is 57.4 Å². The van der Waals surface area contributed by atoms with Gasteiger partial charge >= 0.3 is 0 Å². The van der Waals surface area contributed by atoms with Gasteiger partial charge in [-0.15, -0.1) is 0 Å². The van der Waals surface area contributed by atoms with Crippen molar-refractivity contribution in [1.82, 2.24) is 0 Å². The molecule has 0 aromatic carbocycles. The summed E-state index contributed by atoms with van der Waals surface area (Å²) in [4.78, 5) is 0. The zero-order valence-electron chi connectivity index (χ0n) is 1.64. The van der Waals surface area contributed by atoms with Gasteiger partial charge in [0, 0.05) is 74.8 Å². The molecule has 0 spiro atoms. The van der Waals surface area contributed by atoms with E-state index in [1.807, 2.05) is 0 Å². The summed E-state index contributed by atoms with van der Waals surface area (Å²) in [6.07, 6.45) is 0. The Morgan fingerprint density at radius 2 is 1.00 bits per heavy atom. The van der Waals surface area contributed by atoms with Crippen molar-refractivity contribution in [3.05, 3.63) is 0 Å². The maximum Gasteiger partial charge on any atom is 0 e.